The molecule has 196 valence electrons. The maximum Gasteiger partial charge on any atom is 0.306 e. The van der Waals surface area contributed by atoms with Crippen molar-refractivity contribution in [2.75, 3.05) is 13.2 Å². The number of carbonyl (C=O) groups is 2. The molecule has 0 aliphatic heterocycles. The van der Waals surface area contributed by atoms with Crippen LogP contribution in [-0.4, -0.2) is 25.2 Å². The number of hydrogen-bond donors (Lipinski definition) is 0. The summed E-state index contributed by atoms with van der Waals surface area (Å²) in [6, 6.07) is 0. The molecule has 0 saturated heterocycles. The van der Waals surface area contributed by atoms with Crippen LogP contribution in [-0.2, 0) is 19.1 Å². The second kappa shape index (κ2) is 28.1. The quantitative estimate of drug-likeness (QED) is 0.116. The van der Waals surface area contributed by atoms with E-state index in [1.807, 2.05) is 98.3 Å². The molecule has 0 radical (unpaired) electrons. The summed E-state index contributed by atoms with van der Waals surface area (Å²) in [5, 5.41) is 0. The van der Waals surface area contributed by atoms with Gasteiger partial charge in [-0.2, -0.15) is 0 Å². The van der Waals surface area contributed by atoms with Crippen LogP contribution >= 0.6 is 45.2 Å². The summed E-state index contributed by atoms with van der Waals surface area (Å²) >= 11 is 4.37. The van der Waals surface area contributed by atoms with Crippen LogP contribution in [0.3, 0.4) is 0 Å². The number of carbonyl (C=O) groups excluding carboxylic acids is 2. The highest BCUT2D eigenvalue weighted by Crippen LogP contribution is 2.07. The minimum atomic E-state index is -0.132. The standard InChI is InChI=1S/2C13H19IO2.2CH4/c2*1-4-16-13(15)10-12(3)7-5-6-11(2)8-9-14;;/h2*5-9,12H,4,10H2,1-3H3;2*1H4/b2*7-5+,9-8+,11-6-;;/t2*12-;;/m10../s1. The van der Waals surface area contributed by atoms with Crippen molar-refractivity contribution in [1.29, 1.82) is 0 Å². The molecule has 2 atom stereocenters. The average Bonchev–Trinajstić information content (AvgIpc) is 2.69. The summed E-state index contributed by atoms with van der Waals surface area (Å²) in [5.41, 5.74) is 2.38. The Bertz CT molecular complexity index is 641. The van der Waals surface area contributed by atoms with Crippen LogP contribution in [0.25, 0.3) is 0 Å². The van der Waals surface area contributed by atoms with E-state index in [1.165, 1.54) is 11.1 Å². The van der Waals surface area contributed by atoms with Crippen molar-refractivity contribution in [2.24, 2.45) is 11.8 Å². The fourth-order valence-corrected chi connectivity index (χ4v) is 3.34. The molecular formula is C28H46I2O4. The van der Waals surface area contributed by atoms with Gasteiger partial charge in [0.05, 0.1) is 26.1 Å². The summed E-state index contributed by atoms with van der Waals surface area (Å²) < 4.78 is 13.7. The van der Waals surface area contributed by atoms with Crippen molar-refractivity contribution in [3.8, 4) is 0 Å². The zero-order chi connectivity index (χ0) is 24.8. The average molecular weight is 700 g/mol. The highest BCUT2D eigenvalue weighted by atomic mass is 127. The van der Waals surface area contributed by atoms with E-state index in [9.17, 15) is 9.59 Å². The largest absolute Gasteiger partial charge is 0.466 e. The van der Waals surface area contributed by atoms with Gasteiger partial charge < -0.3 is 9.47 Å². The Balaban J connectivity index is -0.000000250. The van der Waals surface area contributed by atoms with Crippen LogP contribution < -0.4 is 0 Å². The fourth-order valence-electron chi connectivity index (χ4n) is 2.21. The van der Waals surface area contributed by atoms with Crippen LogP contribution in [0.2, 0.25) is 0 Å². The topological polar surface area (TPSA) is 52.6 Å². The zero-order valence-electron chi connectivity index (χ0n) is 20.1. The molecule has 34 heavy (non-hydrogen) atoms. The van der Waals surface area contributed by atoms with E-state index in [-0.39, 0.29) is 38.6 Å². The molecule has 0 aliphatic carbocycles. The summed E-state index contributed by atoms with van der Waals surface area (Å²) in [6.07, 6.45) is 17.0. The molecule has 0 heterocycles. The van der Waals surface area contributed by atoms with Gasteiger partial charge in [0.2, 0.25) is 0 Å². The van der Waals surface area contributed by atoms with Crippen molar-refractivity contribution in [1.82, 2.24) is 0 Å². The predicted molar refractivity (Wildman–Crippen MR) is 166 cm³/mol. The Kier molecular flexibility index (Phi) is 33.1. The zero-order valence-corrected chi connectivity index (χ0v) is 24.5. The number of rotatable bonds is 12. The molecular weight excluding hydrogens is 654 g/mol. The van der Waals surface area contributed by atoms with Gasteiger partial charge in [0.25, 0.3) is 0 Å². The Morgan fingerprint density at radius 3 is 1.32 bits per heavy atom. The lowest BCUT2D eigenvalue weighted by atomic mass is 10.1. The molecule has 4 nitrogen and oxygen atoms in total. The highest BCUT2D eigenvalue weighted by Gasteiger charge is 2.06. The third-order valence-electron chi connectivity index (χ3n) is 3.84. The van der Waals surface area contributed by atoms with Crippen LogP contribution in [0.5, 0.6) is 0 Å². The molecule has 0 bridgehead atoms. The van der Waals surface area contributed by atoms with Gasteiger partial charge in [-0.25, -0.2) is 0 Å². The predicted octanol–water partition coefficient (Wildman–Crippen LogP) is 9.33. The van der Waals surface area contributed by atoms with Crippen molar-refractivity contribution < 1.29 is 19.1 Å². The lowest BCUT2D eigenvalue weighted by molar-refractivity contribution is -0.144. The number of ether oxygens (including phenoxy) is 2. The molecule has 0 amide bonds. The van der Waals surface area contributed by atoms with E-state index in [0.29, 0.717) is 26.1 Å². The van der Waals surface area contributed by atoms with Gasteiger partial charge in [-0.05, 0) is 47.7 Å². The van der Waals surface area contributed by atoms with Crippen LogP contribution in [0.15, 0.2) is 67.9 Å². The fraction of sp³-hybridized carbons (Fsp3) is 0.500. The first-order valence-electron chi connectivity index (χ1n) is 10.7. The second-order valence-corrected chi connectivity index (χ2v) is 8.59. The summed E-state index contributed by atoms with van der Waals surface area (Å²) in [6.45, 7) is 12.6. The molecule has 0 aromatic carbocycles. The molecule has 0 unspecified atom stereocenters. The van der Waals surface area contributed by atoms with Gasteiger partial charge in [-0.1, -0.05) is 134 Å². The summed E-state index contributed by atoms with van der Waals surface area (Å²) in [5.74, 6) is 0.165. The van der Waals surface area contributed by atoms with Crippen molar-refractivity contribution in [3.05, 3.63) is 67.9 Å². The van der Waals surface area contributed by atoms with Crippen molar-refractivity contribution in [3.63, 3.8) is 0 Å². The van der Waals surface area contributed by atoms with Crippen molar-refractivity contribution in [2.45, 2.75) is 69.2 Å². The van der Waals surface area contributed by atoms with E-state index in [1.54, 1.807) is 0 Å². The van der Waals surface area contributed by atoms with Crippen LogP contribution in [0.4, 0.5) is 0 Å². The molecule has 0 N–H and O–H groups in total. The maximum absolute atomic E-state index is 11.2. The van der Waals surface area contributed by atoms with Gasteiger partial charge in [0, 0.05) is 0 Å². The first kappa shape index (κ1) is 40.0. The maximum atomic E-state index is 11.2. The van der Waals surface area contributed by atoms with E-state index < -0.39 is 0 Å². The van der Waals surface area contributed by atoms with E-state index in [2.05, 4.69) is 45.2 Å². The van der Waals surface area contributed by atoms with E-state index >= 15 is 0 Å². The van der Waals surface area contributed by atoms with Crippen LogP contribution in [0, 0.1) is 11.8 Å². The monoisotopic (exact) mass is 700 g/mol. The number of hydrogen-bond acceptors (Lipinski definition) is 4. The molecule has 0 aromatic rings. The Hall–Kier alpha value is -1.16. The summed E-state index contributed by atoms with van der Waals surface area (Å²) in [7, 11) is 0. The molecule has 0 aromatic heterocycles. The molecule has 0 rings (SSSR count). The van der Waals surface area contributed by atoms with Gasteiger partial charge in [-0.3, -0.25) is 9.59 Å². The summed E-state index contributed by atoms with van der Waals surface area (Å²) in [4.78, 5) is 22.3. The highest BCUT2D eigenvalue weighted by molar-refractivity contribution is 14.1. The van der Waals surface area contributed by atoms with E-state index in [4.69, 9.17) is 9.47 Å². The van der Waals surface area contributed by atoms with E-state index in [0.717, 1.165) is 0 Å². The number of esters is 2. The number of allylic oxidation sites excluding steroid dienone is 10. The SMILES string of the molecule is C.C.CCOC(=O)C[C@@H](C)/C=C/C=C(C)\C=C\I.CCOC(=O)C[C@H](C)/C=C/C=C(C)\C=C\I. The second-order valence-electron chi connectivity index (χ2n) is 7.15. The minimum absolute atomic E-state index is 0. The van der Waals surface area contributed by atoms with Gasteiger partial charge >= 0.3 is 11.9 Å². The van der Waals surface area contributed by atoms with Gasteiger partial charge in [0.15, 0.2) is 0 Å². The lowest BCUT2D eigenvalue weighted by Crippen LogP contribution is -2.07. The lowest BCUT2D eigenvalue weighted by Gasteiger charge is -2.04. The Morgan fingerprint density at radius 1 is 0.735 bits per heavy atom. The number of halogens is 2. The molecule has 0 saturated carbocycles. The van der Waals surface area contributed by atoms with Crippen LogP contribution in [0.1, 0.15) is 69.2 Å². The van der Waals surface area contributed by atoms with Gasteiger partial charge in [-0.15, -0.1) is 0 Å². The Labute approximate surface area is 237 Å². The first-order valence-corrected chi connectivity index (χ1v) is 13.2. The molecule has 6 heteroatoms. The molecule has 0 spiro atoms. The minimum Gasteiger partial charge on any atom is -0.466 e. The smallest absolute Gasteiger partial charge is 0.306 e. The third kappa shape index (κ3) is 28.9. The Morgan fingerprint density at radius 2 is 1.06 bits per heavy atom. The van der Waals surface area contributed by atoms with Gasteiger partial charge in [0.1, 0.15) is 0 Å². The molecule has 0 aliphatic rings. The first-order chi connectivity index (χ1) is 15.2. The van der Waals surface area contributed by atoms with Crippen molar-refractivity contribution >= 4 is 57.1 Å². The normalized spacial score (nSPS) is 13.8. The third-order valence-corrected chi connectivity index (χ3v) is 4.56. The molecule has 0 fully saturated rings.